The number of unbranched alkanes of at least 4 members (excludes halogenated alkanes) is 11. The van der Waals surface area contributed by atoms with Crippen LogP contribution in [0.2, 0.25) is 0 Å². The molecule has 0 aromatic rings. The fraction of sp³-hybridized carbons (Fsp3) is 0.944. The molecule has 0 aromatic carbocycles. The first kappa shape index (κ1) is 21.9. The number of rotatable bonds is 15. The van der Waals surface area contributed by atoms with Crippen molar-refractivity contribution < 1.29 is 9.90 Å². The second kappa shape index (κ2) is 13.4. The molecule has 0 rings (SSSR count). The van der Waals surface area contributed by atoms with Gasteiger partial charge in [0, 0.05) is 6.04 Å². The van der Waals surface area contributed by atoms with E-state index in [1.807, 2.05) is 0 Å². The smallest absolute Gasteiger partial charge is 0.322 e. The van der Waals surface area contributed by atoms with Crippen molar-refractivity contribution in [2.24, 2.45) is 5.73 Å². The first-order valence-electron chi connectivity index (χ1n) is 9.13. The zero-order chi connectivity index (χ0) is 16.8. The summed E-state index contributed by atoms with van der Waals surface area (Å²) in [5.41, 5.74) is 5.78. The standard InChI is InChI=1S/C18H36BrNO2/c1-3-4-5-6-7-8-9-10-11-12-13-14-15-18(19,16(2)20)17(21)22/h16H,3-15,20H2,1-2H3,(H,21,22). The van der Waals surface area contributed by atoms with Gasteiger partial charge in [0.25, 0.3) is 0 Å². The first-order valence-corrected chi connectivity index (χ1v) is 9.92. The van der Waals surface area contributed by atoms with Crippen LogP contribution in [0.1, 0.15) is 97.3 Å². The predicted octanol–water partition coefficient (Wildman–Crippen LogP) is 5.64. The summed E-state index contributed by atoms with van der Waals surface area (Å²) in [6, 6.07) is -0.377. The highest BCUT2D eigenvalue weighted by Crippen LogP contribution is 2.29. The van der Waals surface area contributed by atoms with Gasteiger partial charge in [-0.15, -0.1) is 0 Å². The molecule has 0 saturated heterocycles. The molecule has 3 nitrogen and oxygen atoms in total. The normalized spacial score (nSPS) is 15.5. The minimum absolute atomic E-state index is 0.377. The van der Waals surface area contributed by atoms with Crippen LogP contribution in [0.3, 0.4) is 0 Å². The zero-order valence-corrected chi connectivity index (χ0v) is 16.2. The summed E-state index contributed by atoms with van der Waals surface area (Å²) in [5.74, 6) is -0.842. The third-order valence-corrected chi connectivity index (χ3v) is 5.93. The summed E-state index contributed by atoms with van der Waals surface area (Å²) in [6.07, 6.45) is 16.0. The number of carbonyl (C=O) groups is 1. The Morgan fingerprint density at radius 3 is 1.64 bits per heavy atom. The average molecular weight is 378 g/mol. The number of hydrogen-bond donors (Lipinski definition) is 2. The lowest BCUT2D eigenvalue weighted by Crippen LogP contribution is -2.47. The summed E-state index contributed by atoms with van der Waals surface area (Å²) in [5, 5.41) is 9.25. The summed E-state index contributed by atoms with van der Waals surface area (Å²) in [7, 11) is 0. The van der Waals surface area contributed by atoms with Gasteiger partial charge >= 0.3 is 5.97 Å². The van der Waals surface area contributed by atoms with Crippen molar-refractivity contribution in [3.05, 3.63) is 0 Å². The Kier molecular flexibility index (Phi) is 13.3. The van der Waals surface area contributed by atoms with Crippen molar-refractivity contribution in [3.63, 3.8) is 0 Å². The van der Waals surface area contributed by atoms with Gasteiger partial charge in [-0.3, -0.25) is 4.79 Å². The van der Waals surface area contributed by atoms with Crippen LogP contribution in [0.25, 0.3) is 0 Å². The van der Waals surface area contributed by atoms with Crippen LogP contribution in [-0.4, -0.2) is 21.4 Å². The van der Waals surface area contributed by atoms with Gasteiger partial charge in [-0.2, -0.15) is 0 Å². The molecule has 0 aliphatic heterocycles. The quantitative estimate of drug-likeness (QED) is 0.286. The number of alkyl halides is 1. The Bertz CT molecular complexity index is 284. The van der Waals surface area contributed by atoms with E-state index in [9.17, 15) is 9.90 Å². The molecule has 0 aliphatic rings. The van der Waals surface area contributed by atoms with Crippen molar-refractivity contribution in [2.75, 3.05) is 0 Å². The number of carboxylic acids is 1. The fourth-order valence-corrected chi connectivity index (χ4v) is 3.03. The van der Waals surface area contributed by atoms with Gasteiger partial charge in [0.15, 0.2) is 0 Å². The van der Waals surface area contributed by atoms with Crippen molar-refractivity contribution >= 4 is 21.9 Å². The monoisotopic (exact) mass is 377 g/mol. The lowest BCUT2D eigenvalue weighted by molar-refractivity contribution is -0.140. The van der Waals surface area contributed by atoms with Gasteiger partial charge in [-0.1, -0.05) is 99.9 Å². The molecule has 0 aromatic heterocycles. The van der Waals surface area contributed by atoms with Gasteiger partial charge in [-0.05, 0) is 13.3 Å². The second-order valence-electron chi connectivity index (χ2n) is 6.60. The zero-order valence-electron chi connectivity index (χ0n) is 14.6. The molecule has 0 fully saturated rings. The molecule has 0 radical (unpaired) electrons. The van der Waals surface area contributed by atoms with Crippen molar-refractivity contribution in [1.29, 1.82) is 0 Å². The molecule has 132 valence electrons. The fourth-order valence-electron chi connectivity index (χ4n) is 2.75. The lowest BCUT2D eigenvalue weighted by atomic mass is 9.94. The summed E-state index contributed by atoms with van der Waals surface area (Å²) < 4.78 is -0.953. The van der Waals surface area contributed by atoms with Gasteiger partial charge in [0.05, 0.1) is 0 Å². The van der Waals surface area contributed by atoms with E-state index in [4.69, 9.17) is 5.73 Å². The number of halogens is 1. The van der Waals surface area contributed by atoms with E-state index < -0.39 is 10.3 Å². The third-order valence-electron chi connectivity index (χ3n) is 4.47. The molecule has 0 heterocycles. The van der Waals surface area contributed by atoms with E-state index in [1.165, 1.54) is 64.2 Å². The molecule has 0 spiro atoms. The molecular formula is C18H36BrNO2. The molecule has 22 heavy (non-hydrogen) atoms. The van der Waals surface area contributed by atoms with E-state index in [-0.39, 0.29) is 6.04 Å². The topological polar surface area (TPSA) is 63.3 Å². The molecule has 2 atom stereocenters. The predicted molar refractivity (Wildman–Crippen MR) is 98.6 cm³/mol. The molecule has 4 heteroatoms. The SMILES string of the molecule is CCCCCCCCCCCCCCC(Br)(C(=O)O)C(C)N. The van der Waals surface area contributed by atoms with Crippen molar-refractivity contribution in [3.8, 4) is 0 Å². The van der Waals surface area contributed by atoms with Gasteiger partial charge < -0.3 is 10.8 Å². The summed E-state index contributed by atoms with van der Waals surface area (Å²) in [4.78, 5) is 11.3. The Morgan fingerprint density at radius 1 is 0.955 bits per heavy atom. The largest absolute Gasteiger partial charge is 0.480 e. The van der Waals surface area contributed by atoms with Gasteiger partial charge in [0.1, 0.15) is 4.32 Å². The van der Waals surface area contributed by atoms with Crippen molar-refractivity contribution in [1.82, 2.24) is 0 Å². The van der Waals surface area contributed by atoms with Crippen LogP contribution in [0.5, 0.6) is 0 Å². The Balaban J connectivity index is 3.45. The van der Waals surface area contributed by atoms with Crippen LogP contribution in [0, 0.1) is 0 Å². The first-order chi connectivity index (χ1) is 10.4. The molecule has 0 saturated carbocycles. The second-order valence-corrected chi connectivity index (χ2v) is 8.01. The molecule has 0 amide bonds. The maximum atomic E-state index is 11.3. The molecule has 0 bridgehead atoms. The highest BCUT2D eigenvalue weighted by Gasteiger charge is 2.38. The van der Waals surface area contributed by atoms with Crippen LogP contribution in [0.15, 0.2) is 0 Å². The maximum absolute atomic E-state index is 11.3. The molecule has 0 aliphatic carbocycles. The molecule has 2 unspecified atom stereocenters. The number of hydrogen-bond acceptors (Lipinski definition) is 2. The Morgan fingerprint density at radius 2 is 1.32 bits per heavy atom. The Hall–Kier alpha value is -0.0900. The van der Waals surface area contributed by atoms with E-state index in [2.05, 4.69) is 22.9 Å². The average Bonchev–Trinajstić information content (AvgIpc) is 2.47. The number of carboxylic acid groups (broad SMARTS) is 1. The minimum atomic E-state index is -0.953. The summed E-state index contributed by atoms with van der Waals surface area (Å²) >= 11 is 3.32. The van der Waals surface area contributed by atoms with Crippen molar-refractivity contribution in [2.45, 2.75) is 108 Å². The Labute approximate surface area is 145 Å². The number of aliphatic carboxylic acids is 1. The van der Waals surface area contributed by atoms with Crippen LogP contribution in [0.4, 0.5) is 0 Å². The van der Waals surface area contributed by atoms with E-state index in [1.54, 1.807) is 6.92 Å². The van der Waals surface area contributed by atoms with Crippen LogP contribution >= 0.6 is 15.9 Å². The molecule has 3 N–H and O–H groups in total. The van der Waals surface area contributed by atoms with Crippen LogP contribution < -0.4 is 5.73 Å². The lowest BCUT2D eigenvalue weighted by Gasteiger charge is -2.26. The summed E-state index contributed by atoms with van der Waals surface area (Å²) in [6.45, 7) is 4.01. The maximum Gasteiger partial charge on any atom is 0.322 e. The highest BCUT2D eigenvalue weighted by atomic mass is 79.9. The number of nitrogens with two attached hydrogens (primary N) is 1. The highest BCUT2D eigenvalue weighted by molar-refractivity contribution is 9.10. The van der Waals surface area contributed by atoms with Gasteiger partial charge in [0.2, 0.25) is 0 Å². The minimum Gasteiger partial charge on any atom is -0.480 e. The van der Waals surface area contributed by atoms with Gasteiger partial charge in [-0.25, -0.2) is 0 Å². The van der Waals surface area contributed by atoms with E-state index in [0.29, 0.717) is 6.42 Å². The third kappa shape index (κ3) is 9.83. The van der Waals surface area contributed by atoms with E-state index in [0.717, 1.165) is 12.8 Å². The van der Waals surface area contributed by atoms with Crippen LogP contribution in [-0.2, 0) is 4.79 Å². The van der Waals surface area contributed by atoms with E-state index >= 15 is 0 Å². The molecular weight excluding hydrogens is 342 g/mol.